The van der Waals surface area contributed by atoms with E-state index in [-0.39, 0.29) is 5.56 Å². The average Bonchev–Trinajstić information content (AvgIpc) is 2.56. The Labute approximate surface area is 147 Å². The van der Waals surface area contributed by atoms with E-state index < -0.39 is 28.6 Å². The van der Waals surface area contributed by atoms with E-state index in [4.69, 9.17) is 16.9 Å². The van der Waals surface area contributed by atoms with Gasteiger partial charge >= 0.3 is 0 Å². The van der Waals surface area contributed by atoms with Crippen molar-refractivity contribution in [1.82, 2.24) is 9.88 Å². The molecule has 0 spiro atoms. The van der Waals surface area contributed by atoms with Gasteiger partial charge in [0.1, 0.15) is 18.2 Å². The molecule has 8 nitrogen and oxygen atoms in total. The van der Waals surface area contributed by atoms with Gasteiger partial charge in [-0.05, 0) is 24.1 Å². The van der Waals surface area contributed by atoms with Gasteiger partial charge in [-0.3, -0.25) is 24.3 Å². The third-order valence-electron chi connectivity index (χ3n) is 3.34. The molecule has 1 heterocycles. The zero-order chi connectivity index (χ0) is 18.4. The summed E-state index contributed by atoms with van der Waals surface area (Å²) in [5.41, 5.74) is -0.631. The van der Waals surface area contributed by atoms with Gasteiger partial charge in [-0.15, -0.1) is 0 Å². The second kappa shape index (κ2) is 8.08. The zero-order valence-electron chi connectivity index (χ0n) is 12.9. The SMILES string of the molecule is N#Cc1cc([N+](=O)[O-])cn(CC(=O)NCCc2cccc(Cl)c2)c1=O. The number of nitrogens with one attached hydrogen (secondary N) is 1. The lowest BCUT2D eigenvalue weighted by Gasteiger charge is -2.08. The van der Waals surface area contributed by atoms with E-state index in [0.717, 1.165) is 22.4 Å². The molecular weight excluding hydrogens is 348 g/mol. The highest BCUT2D eigenvalue weighted by Gasteiger charge is 2.15. The number of carbonyl (C=O) groups is 1. The molecule has 0 bridgehead atoms. The van der Waals surface area contributed by atoms with Crippen LogP contribution in [0.15, 0.2) is 41.3 Å². The standard InChI is InChI=1S/C16H13ClN4O4/c17-13-3-1-2-11(6-13)4-5-19-15(22)10-20-9-14(21(24)25)7-12(8-18)16(20)23/h1-3,6-7,9H,4-5,10H2,(H,19,22). The van der Waals surface area contributed by atoms with Crippen molar-refractivity contribution < 1.29 is 9.72 Å². The maximum atomic E-state index is 12.0. The second-order valence-corrected chi connectivity index (χ2v) is 5.58. The van der Waals surface area contributed by atoms with Gasteiger partial charge in [0.25, 0.3) is 11.2 Å². The minimum absolute atomic E-state index is 0.313. The number of aromatic nitrogens is 1. The number of nitriles is 1. The smallest absolute Gasteiger partial charge is 0.287 e. The molecule has 128 valence electrons. The fourth-order valence-electron chi connectivity index (χ4n) is 2.17. The summed E-state index contributed by atoms with van der Waals surface area (Å²) in [6.07, 6.45) is 1.49. The van der Waals surface area contributed by atoms with Crippen molar-refractivity contribution in [2.45, 2.75) is 13.0 Å². The van der Waals surface area contributed by atoms with Crippen LogP contribution in [0.5, 0.6) is 0 Å². The Morgan fingerprint density at radius 2 is 2.16 bits per heavy atom. The van der Waals surface area contributed by atoms with Crippen molar-refractivity contribution in [2.24, 2.45) is 0 Å². The first kappa shape index (κ1) is 18.2. The monoisotopic (exact) mass is 360 g/mol. The Bertz CT molecular complexity index is 917. The summed E-state index contributed by atoms with van der Waals surface area (Å²) in [6.45, 7) is -0.0985. The van der Waals surface area contributed by atoms with E-state index in [0.29, 0.717) is 18.0 Å². The predicted octanol–water partition coefficient (Wildman–Crippen LogP) is 1.64. The molecule has 1 aromatic heterocycles. The van der Waals surface area contributed by atoms with Gasteiger partial charge in [0.15, 0.2) is 0 Å². The van der Waals surface area contributed by atoms with E-state index >= 15 is 0 Å². The fraction of sp³-hybridized carbons (Fsp3) is 0.188. The van der Waals surface area contributed by atoms with Gasteiger partial charge in [0.2, 0.25) is 5.91 Å². The van der Waals surface area contributed by atoms with Crippen LogP contribution in [-0.2, 0) is 17.8 Å². The number of carbonyl (C=O) groups excluding carboxylic acids is 1. The van der Waals surface area contributed by atoms with Crippen LogP contribution in [0.3, 0.4) is 0 Å². The molecule has 1 aromatic carbocycles. The van der Waals surface area contributed by atoms with Crippen LogP contribution < -0.4 is 10.9 Å². The second-order valence-electron chi connectivity index (χ2n) is 5.14. The molecule has 0 aliphatic carbocycles. The summed E-state index contributed by atoms with van der Waals surface area (Å²) in [5.74, 6) is -0.492. The van der Waals surface area contributed by atoms with E-state index in [9.17, 15) is 19.7 Å². The molecule has 0 atom stereocenters. The van der Waals surface area contributed by atoms with Crippen LogP contribution in [-0.4, -0.2) is 21.9 Å². The Hall–Kier alpha value is -3.18. The van der Waals surface area contributed by atoms with Gasteiger partial charge in [-0.25, -0.2) is 0 Å². The van der Waals surface area contributed by atoms with Gasteiger partial charge in [0, 0.05) is 17.6 Å². The molecule has 25 heavy (non-hydrogen) atoms. The molecule has 0 fully saturated rings. The number of hydrogen-bond donors (Lipinski definition) is 1. The van der Waals surface area contributed by atoms with Crippen molar-refractivity contribution in [3.05, 3.63) is 73.1 Å². The Morgan fingerprint density at radius 1 is 1.40 bits per heavy atom. The number of hydrogen-bond acceptors (Lipinski definition) is 5. The zero-order valence-corrected chi connectivity index (χ0v) is 13.7. The Morgan fingerprint density at radius 3 is 2.80 bits per heavy atom. The first-order chi connectivity index (χ1) is 11.9. The molecule has 1 amide bonds. The normalized spacial score (nSPS) is 10.1. The molecule has 2 aromatic rings. The highest BCUT2D eigenvalue weighted by Crippen LogP contribution is 2.11. The number of amides is 1. The van der Waals surface area contributed by atoms with Crippen LogP contribution in [0.1, 0.15) is 11.1 Å². The molecule has 1 N–H and O–H groups in total. The summed E-state index contributed by atoms with van der Waals surface area (Å²) >= 11 is 5.87. The summed E-state index contributed by atoms with van der Waals surface area (Å²) < 4.78 is 0.853. The van der Waals surface area contributed by atoms with Crippen molar-refractivity contribution in [2.75, 3.05) is 6.54 Å². The number of nitrogens with zero attached hydrogens (tertiary/aromatic N) is 3. The number of nitro groups is 1. The molecule has 0 unspecified atom stereocenters. The van der Waals surface area contributed by atoms with Crippen LogP contribution in [0.2, 0.25) is 5.02 Å². The molecule has 0 aliphatic rings. The van der Waals surface area contributed by atoms with Crippen LogP contribution in [0.25, 0.3) is 0 Å². The first-order valence-electron chi connectivity index (χ1n) is 7.21. The Balaban J connectivity index is 2.03. The molecule has 9 heteroatoms. The molecule has 0 saturated carbocycles. The molecule has 2 rings (SSSR count). The lowest BCUT2D eigenvalue weighted by atomic mass is 10.1. The van der Waals surface area contributed by atoms with Crippen molar-refractivity contribution in [3.8, 4) is 6.07 Å². The van der Waals surface area contributed by atoms with Crippen LogP contribution in [0, 0.1) is 21.4 Å². The number of halogens is 1. The van der Waals surface area contributed by atoms with Gasteiger partial charge in [0.05, 0.1) is 11.1 Å². The largest absolute Gasteiger partial charge is 0.354 e. The highest BCUT2D eigenvalue weighted by molar-refractivity contribution is 6.30. The minimum Gasteiger partial charge on any atom is -0.354 e. The van der Waals surface area contributed by atoms with Crippen molar-refractivity contribution in [1.29, 1.82) is 5.26 Å². The molecule has 0 aliphatic heterocycles. The van der Waals surface area contributed by atoms with Gasteiger partial charge < -0.3 is 5.32 Å². The third kappa shape index (κ3) is 4.89. The predicted molar refractivity (Wildman–Crippen MR) is 90.2 cm³/mol. The van der Waals surface area contributed by atoms with Crippen molar-refractivity contribution in [3.63, 3.8) is 0 Å². The van der Waals surface area contributed by atoms with Crippen LogP contribution >= 0.6 is 11.6 Å². The molecule has 0 radical (unpaired) electrons. The summed E-state index contributed by atoms with van der Waals surface area (Å²) in [5, 5.41) is 22.9. The van der Waals surface area contributed by atoms with Gasteiger partial charge in [-0.1, -0.05) is 23.7 Å². The fourth-order valence-corrected chi connectivity index (χ4v) is 2.38. The maximum absolute atomic E-state index is 12.0. The topological polar surface area (TPSA) is 118 Å². The summed E-state index contributed by atoms with van der Waals surface area (Å²) in [4.78, 5) is 34.0. The summed E-state index contributed by atoms with van der Waals surface area (Å²) in [7, 11) is 0. The van der Waals surface area contributed by atoms with E-state index in [1.807, 2.05) is 6.07 Å². The lowest BCUT2D eigenvalue weighted by molar-refractivity contribution is -0.385. The average molecular weight is 361 g/mol. The van der Waals surface area contributed by atoms with E-state index in [2.05, 4.69) is 5.32 Å². The molecular formula is C16H13ClN4O4. The Kier molecular flexibility index (Phi) is 5.87. The van der Waals surface area contributed by atoms with E-state index in [1.54, 1.807) is 24.3 Å². The van der Waals surface area contributed by atoms with E-state index in [1.165, 1.54) is 0 Å². The third-order valence-corrected chi connectivity index (χ3v) is 3.58. The maximum Gasteiger partial charge on any atom is 0.287 e. The molecule has 0 saturated heterocycles. The van der Waals surface area contributed by atoms with Crippen molar-refractivity contribution >= 4 is 23.2 Å². The number of pyridine rings is 1. The lowest BCUT2D eigenvalue weighted by Crippen LogP contribution is -2.34. The van der Waals surface area contributed by atoms with Crippen LogP contribution in [0.4, 0.5) is 5.69 Å². The highest BCUT2D eigenvalue weighted by atomic mass is 35.5. The number of benzene rings is 1. The first-order valence-corrected chi connectivity index (χ1v) is 7.58. The quantitative estimate of drug-likeness (QED) is 0.620. The number of rotatable bonds is 6. The van der Waals surface area contributed by atoms with Gasteiger partial charge in [-0.2, -0.15) is 5.26 Å². The summed E-state index contributed by atoms with van der Waals surface area (Å²) in [6, 6.07) is 9.65. The minimum atomic E-state index is -0.752.